The highest BCUT2D eigenvalue weighted by Crippen LogP contribution is 2.36. The third-order valence-corrected chi connectivity index (χ3v) is 5.90. The van der Waals surface area contributed by atoms with Crippen molar-refractivity contribution in [3.63, 3.8) is 0 Å². The van der Waals surface area contributed by atoms with Gasteiger partial charge in [0, 0.05) is 25.2 Å². The molecule has 6 heteroatoms. The monoisotopic (exact) mass is 259 g/mol. The van der Waals surface area contributed by atoms with E-state index in [2.05, 4.69) is 4.72 Å². The molecule has 0 spiro atoms. The molecule has 1 aliphatic heterocycles. The molecule has 0 aromatic heterocycles. The summed E-state index contributed by atoms with van der Waals surface area (Å²) in [5.74, 6) is 1.01. The number of nitrogens with zero attached hydrogens (tertiary/aromatic N) is 1. The van der Waals surface area contributed by atoms with Crippen LogP contribution in [-0.2, 0) is 10.2 Å². The maximum Gasteiger partial charge on any atom is 0.279 e. The molecule has 17 heavy (non-hydrogen) atoms. The molecule has 1 heterocycles. The minimum Gasteiger partial charge on any atom is -0.328 e. The van der Waals surface area contributed by atoms with Crippen molar-refractivity contribution in [3.8, 4) is 0 Å². The van der Waals surface area contributed by atoms with E-state index in [0.29, 0.717) is 24.9 Å². The Balaban J connectivity index is 1.66. The molecule has 3 N–H and O–H groups in total. The molecular formula is C11H21N3O2S. The molecule has 2 aliphatic carbocycles. The number of hydrogen-bond acceptors (Lipinski definition) is 3. The highest BCUT2D eigenvalue weighted by atomic mass is 32.2. The summed E-state index contributed by atoms with van der Waals surface area (Å²) in [4.78, 5) is 0. The molecule has 0 radical (unpaired) electrons. The summed E-state index contributed by atoms with van der Waals surface area (Å²) in [6.45, 7) is 1.36. The largest absolute Gasteiger partial charge is 0.328 e. The molecular weight excluding hydrogens is 238 g/mol. The SMILES string of the molecule is NC1CC[C@@H]2CN(S(=O)(=O)NC3CC3)C[C@@H]2C1. The van der Waals surface area contributed by atoms with Crippen LogP contribution in [-0.4, -0.2) is 37.9 Å². The summed E-state index contributed by atoms with van der Waals surface area (Å²) in [5.41, 5.74) is 5.95. The van der Waals surface area contributed by atoms with Gasteiger partial charge in [0.15, 0.2) is 0 Å². The number of rotatable bonds is 3. The normalized spacial score (nSPS) is 39.2. The third-order valence-electron chi connectivity index (χ3n) is 4.29. The van der Waals surface area contributed by atoms with Crippen LogP contribution in [0.1, 0.15) is 32.1 Å². The number of fused-ring (bicyclic) bond motifs is 1. The predicted octanol–water partition coefficient (Wildman–Crippen LogP) is 0.0424. The molecule has 1 unspecified atom stereocenters. The average molecular weight is 259 g/mol. The quantitative estimate of drug-likeness (QED) is 0.751. The molecule has 0 aromatic carbocycles. The topological polar surface area (TPSA) is 75.4 Å². The maximum atomic E-state index is 12.1. The van der Waals surface area contributed by atoms with Crippen molar-refractivity contribution in [1.82, 2.24) is 9.03 Å². The third kappa shape index (κ3) is 2.50. The van der Waals surface area contributed by atoms with Crippen LogP contribution in [0.15, 0.2) is 0 Å². The molecule has 98 valence electrons. The molecule has 2 saturated carbocycles. The standard InChI is InChI=1S/C11H21N3O2S/c12-10-2-1-8-6-14(7-9(8)5-10)17(15,16)13-11-3-4-11/h8-11,13H,1-7,12H2/t8-,9+,10?/m1/s1. The molecule has 3 atom stereocenters. The van der Waals surface area contributed by atoms with Gasteiger partial charge in [-0.2, -0.15) is 17.4 Å². The van der Waals surface area contributed by atoms with Gasteiger partial charge in [0.25, 0.3) is 10.2 Å². The molecule has 3 fully saturated rings. The molecule has 5 nitrogen and oxygen atoms in total. The Morgan fingerprint density at radius 1 is 1.06 bits per heavy atom. The Morgan fingerprint density at radius 3 is 2.47 bits per heavy atom. The van der Waals surface area contributed by atoms with Crippen LogP contribution in [0.2, 0.25) is 0 Å². The van der Waals surface area contributed by atoms with Gasteiger partial charge in [-0.15, -0.1) is 0 Å². The van der Waals surface area contributed by atoms with E-state index in [4.69, 9.17) is 5.73 Å². The van der Waals surface area contributed by atoms with Gasteiger partial charge in [0.1, 0.15) is 0 Å². The fourth-order valence-electron chi connectivity index (χ4n) is 3.11. The lowest BCUT2D eigenvalue weighted by molar-refractivity contribution is 0.271. The van der Waals surface area contributed by atoms with Crippen LogP contribution >= 0.6 is 0 Å². The number of nitrogens with one attached hydrogen (secondary N) is 1. The number of hydrogen-bond donors (Lipinski definition) is 2. The highest BCUT2D eigenvalue weighted by Gasteiger charge is 2.42. The van der Waals surface area contributed by atoms with Gasteiger partial charge in [0.05, 0.1) is 0 Å². The van der Waals surface area contributed by atoms with Gasteiger partial charge in [-0.25, -0.2) is 0 Å². The highest BCUT2D eigenvalue weighted by molar-refractivity contribution is 7.87. The molecule has 3 aliphatic rings. The molecule has 0 amide bonds. The van der Waals surface area contributed by atoms with Crippen molar-refractivity contribution >= 4 is 10.2 Å². The summed E-state index contributed by atoms with van der Waals surface area (Å²) in [6, 6.07) is 0.472. The lowest BCUT2D eigenvalue weighted by Crippen LogP contribution is -2.40. The van der Waals surface area contributed by atoms with Crippen molar-refractivity contribution in [2.75, 3.05) is 13.1 Å². The Kier molecular flexibility index (Phi) is 2.93. The summed E-state index contributed by atoms with van der Waals surface area (Å²) in [7, 11) is -3.23. The van der Waals surface area contributed by atoms with Crippen LogP contribution in [0.3, 0.4) is 0 Å². The predicted molar refractivity (Wildman–Crippen MR) is 65.5 cm³/mol. The van der Waals surface area contributed by atoms with Crippen molar-refractivity contribution < 1.29 is 8.42 Å². The van der Waals surface area contributed by atoms with Crippen LogP contribution < -0.4 is 10.5 Å². The maximum absolute atomic E-state index is 12.1. The molecule has 0 aromatic rings. The van der Waals surface area contributed by atoms with E-state index in [1.54, 1.807) is 4.31 Å². The Morgan fingerprint density at radius 2 is 1.76 bits per heavy atom. The lowest BCUT2D eigenvalue weighted by Gasteiger charge is -2.28. The zero-order valence-corrected chi connectivity index (χ0v) is 10.8. The van der Waals surface area contributed by atoms with Crippen molar-refractivity contribution in [2.24, 2.45) is 17.6 Å². The van der Waals surface area contributed by atoms with Crippen molar-refractivity contribution in [2.45, 2.75) is 44.2 Å². The van der Waals surface area contributed by atoms with Gasteiger partial charge in [-0.05, 0) is 43.9 Å². The van der Waals surface area contributed by atoms with Crippen molar-refractivity contribution in [1.29, 1.82) is 0 Å². The lowest BCUT2D eigenvalue weighted by atomic mass is 9.79. The summed E-state index contributed by atoms with van der Waals surface area (Å²) < 4.78 is 28.6. The van der Waals surface area contributed by atoms with Gasteiger partial charge in [0.2, 0.25) is 0 Å². The molecule has 3 rings (SSSR count). The first-order valence-corrected chi connectivity index (χ1v) is 8.01. The molecule has 1 saturated heterocycles. The summed E-state index contributed by atoms with van der Waals surface area (Å²) >= 11 is 0. The van der Waals surface area contributed by atoms with E-state index in [-0.39, 0.29) is 12.1 Å². The van der Waals surface area contributed by atoms with Crippen molar-refractivity contribution in [3.05, 3.63) is 0 Å². The number of nitrogens with two attached hydrogens (primary N) is 1. The van der Waals surface area contributed by atoms with Gasteiger partial charge in [-0.3, -0.25) is 0 Å². The Bertz CT molecular complexity index is 394. The van der Waals surface area contributed by atoms with Crippen LogP contribution in [0.4, 0.5) is 0 Å². The Labute approximate surface area is 103 Å². The first kappa shape index (κ1) is 11.9. The summed E-state index contributed by atoms with van der Waals surface area (Å²) in [6.07, 6.45) is 5.10. The van der Waals surface area contributed by atoms with E-state index in [1.165, 1.54) is 0 Å². The second-order valence-corrected chi connectivity index (χ2v) is 7.51. The second kappa shape index (κ2) is 4.19. The first-order valence-electron chi connectivity index (χ1n) is 6.57. The van der Waals surface area contributed by atoms with E-state index in [9.17, 15) is 8.42 Å². The van der Waals surface area contributed by atoms with E-state index in [0.717, 1.165) is 32.1 Å². The van der Waals surface area contributed by atoms with Gasteiger partial charge >= 0.3 is 0 Å². The van der Waals surface area contributed by atoms with Crippen LogP contribution in [0.5, 0.6) is 0 Å². The van der Waals surface area contributed by atoms with Crippen LogP contribution in [0, 0.1) is 11.8 Å². The minimum atomic E-state index is -3.23. The zero-order chi connectivity index (χ0) is 12.0. The van der Waals surface area contributed by atoms with E-state index >= 15 is 0 Å². The van der Waals surface area contributed by atoms with E-state index in [1.807, 2.05) is 0 Å². The average Bonchev–Trinajstić information content (AvgIpc) is 2.94. The van der Waals surface area contributed by atoms with Crippen LogP contribution in [0.25, 0.3) is 0 Å². The second-order valence-electron chi connectivity index (χ2n) is 5.81. The Hall–Kier alpha value is -0.170. The molecule has 0 bridgehead atoms. The van der Waals surface area contributed by atoms with Gasteiger partial charge < -0.3 is 5.73 Å². The fourth-order valence-corrected chi connectivity index (χ4v) is 4.69. The fraction of sp³-hybridized carbons (Fsp3) is 1.00. The van der Waals surface area contributed by atoms with E-state index < -0.39 is 10.2 Å². The smallest absolute Gasteiger partial charge is 0.279 e. The first-order chi connectivity index (χ1) is 8.04. The van der Waals surface area contributed by atoms with Gasteiger partial charge in [-0.1, -0.05) is 0 Å². The summed E-state index contributed by atoms with van der Waals surface area (Å²) in [5, 5.41) is 0. The minimum absolute atomic E-state index is 0.199. The zero-order valence-electron chi connectivity index (χ0n) is 10.0.